The van der Waals surface area contributed by atoms with Gasteiger partial charge in [-0.2, -0.15) is 0 Å². The molecule has 0 aliphatic rings. The number of nitrogens with zero attached hydrogens (tertiary/aromatic N) is 1. The summed E-state index contributed by atoms with van der Waals surface area (Å²) in [6, 6.07) is 16.1. The van der Waals surface area contributed by atoms with E-state index in [9.17, 15) is 14.7 Å². The van der Waals surface area contributed by atoms with Gasteiger partial charge in [0.2, 0.25) is 5.91 Å². The molecule has 2 N–H and O–H groups in total. The molecule has 0 fully saturated rings. The van der Waals surface area contributed by atoms with Crippen molar-refractivity contribution >= 4 is 40.6 Å². The number of carboxylic acid groups (broad SMARTS) is 1. The van der Waals surface area contributed by atoms with Crippen LogP contribution >= 0.6 is 0 Å². The highest BCUT2D eigenvalue weighted by molar-refractivity contribution is 6.03. The third-order valence-electron chi connectivity index (χ3n) is 3.64. The van der Waals surface area contributed by atoms with Crippen molar-refractivity contribution in [2.45, 2.75) is 6.92 Å². The Morgan fingerprint density at radius 3 is 2.44 bits per heavy atom. The topological polar surface area (TPSA) is 79.3 Å². The summed E-state index contributed by atoms with van der Waals surface area (Å²) in [5.41, 5.74) is 3.08. The standard InChI is InChI=1S/C20H16N2O3/c1-13(23)21-15-9-6-14(7-10-15)8-11-16-12-18(20(24)25)17-4-2-3-5-19(17)22-16/h2-12H,1H3,(H,21,23)(H,24,25)/b11-8+. The molecule has 1 amide bonds. The summed E-state index contributed by atoms with van der Waals surface area (Å²) in [5, 5.41) is 12.7. The molecule has 124 valence electrons. The van der Waals surface area contributed by atoms with Gasteiger partial charge in [-0.25, -0.2) is 9.78 Å². The molecule has 3 rings (SSSR count). The molecule has 0 saturated heterocycles. The number of carbonyl (C=O) groups excluding carboxylic acids is 1. The number of hydrogen-bond acceptors (Lipinski definition) is 3. The van der Waals surface area contributed by atoms with E-state index >= 15 is 0 Å². The fourth-order valence-electron chi connectivity index (χ4n) is 2.52. The smallest absolute Gasteiger partial charge is 0.336 e. The monoisotopic (exact) mass is 332 g/mol. The third kappa shape index (κ3) is 3.90. The van der Waals surface area contributed by atoms with Crippen molar-refractivity contribution in [3.05, 3.63) is 71.4 Å². The minimum Gasteiger partial charge on any atom is -0.478 e. The Hall–Kier alpha value is -3.47. The summed E-state index contributed by atoms with van der Waals surface area (Å²) >= 11 is 0. The van der Waals surface area contributed by atoms with E-state index in [4.69, 9.17) is 0 Å². The molecule has 3 aromatic rings. The van der Waals surface area contributed by atoms with Crippen molar-refractivity contribution in [2.24, 2.45) is 0 Å². The molecule has 5 nitrogen and oxygen atoms in total. The Balaban J connectivity index is 1.90. The van der Waals surface area contributed by atoms with Gasteiger partial charge in [-0.15, -0.1) is 0 Å². The number of benzene rings is 2. The molecule has 0 saturated carbocycles. The van der Waals surface area contributed by atoms with Gasteiger partial charge in [-0.05, 0) is 35.9 Å². The van der Waals surface area contributed by atoms with E-state index < -0.39 is 5.97 Å². The van der Waals surface area contributed by atoms with Gasteiger partial charge in [0.15, 0.2) is 0 Å². The maximum absolute atomic E-state index is 11.5. The van der Waals surface area contributed by atoms with Crippen LogP contribution in [0.4, 0.5) is 5.69 Å². The molecule has 0 atom stereocenters. The molecule has 1 aromatic heterocycles. The lowest BCUT2D eigenvalue weighted by molar-refractivity contribution is -0.114. The van der Waals surface area contributed by atoms with Crippen LogP contribution in [-0.2, 0) is 4.79 Å². The van der Waals surface area contributed by atoms with E-state index in [1.807, 2.05) is 24.3 Å². The van der Waals surface area contributed by atoms with Gasteiger partial charge in [0.05, 0.1) is 16.8 Å². The van der Waals surface area contributed by atoms with Crippen LogP contribution in [0.2, 0.25) is 0 Å². The predicted molar refractivity (Wildman–Crippen MR) is 98.4 cm³/mol. The summed E-state index contributed by atoms with van der Waals surface area (Å²) in [6.45, 7) is 1.46. The Morgan fingerprint density at radius 2 is 1.76 bits per heavy atom. The maximum atomic E-state index is 11.5. The number of carbonyl (C=O) groups is 2. The molecule has 0 bridgehead atoms. The molecule has 1 heterocycles. The van der Waals surface area contributed by atoms with E-state index in [-0.39, 0.29) is 11.5 Å². The molecule has 25 heavy (non-hydrogen) atoms. The number of nitrogens with one attached hydrogen (secondary N) is 1. The van der Waals surface area contributed by atoms with Gasteiger partial charge in [0, 0.05) is 18.0 Å². The Kier molecular flexibility index (Phi) is 4.57. The Labute approximate surface area is 144 Å². The minimum absolute atomic E-state index is 0.121. The van der Waals surface area contributed by atoms with Crippen LogP contribution in [0.1, 0.15) is 28.5 Å². The molecule has 2 aromatic carbocycles. The van der Waals surface area contributed by atoms with Crippen molar-refractivity contribution in [1.82, 2.24) is 4.98 Å². The summed E-state index contributed by atoms with van der Waals surface area (Å²) < 4.78 is 0. The summed E-state index contributed by atoms with van der Waals surface area (Å²) in [6.07, 6.45) is 3.62. The van der Waals surface area contributed by atoms with Crippen LogP contribution in [0.25, 0.3) is 23.1 Å². The first-order valence-electron chi connectivity index (χ1n) is 7.72. The van der Waals surface area contributed by atoms with Crippen LogP contribution < -0.4 is 5.32 Å². The largest absolute Gasteiger partial charge is 0.478 e. The number of carboxylic acids is 1. The SMILES string of the molecule is CC(=O)Nc1ccc(/C=C/c2cc(C(=O)O)c3ccccc3n2)cc1. The second-order valence-corrected chi connectivity index (χ2v) is 5.55. The van der Waals surface area contributed by atoms with Gasteiger partial charge in [-0.3, -0.25) is 4.79 Å². The predicted octanol–water partition coefficient (Wildman–Crippen LogP) is 4.06. The highest BCUT2D eigenvalue weighted by atomic mass is 16.4. The number of pyridine rings is 1. The number of anilines is 1. The number of para-hydroxylation sites is 1. The first-order valence-corrected chi connectivity index (χ1v) is 7.72. The first kappa shape index (κ1) is 16.4. The highest BCUT2D eigenvalue weighted by Crippen LogP contribution is 2.20. The molecule has 0 spiro atoms. The Bertz CT molecular complexity index is 976. The number of aromatic carboxylic acids is 1. The van der Waals surface area contributed by atoms with E-state index in [0.717, 1.165) is 11.3 Å². The number of fused-ring (bicyclic) bond motifs is 1. The van der Waals surface area contributed by atoms with E-state index in [1.54, 1.807) is 42.5 Å². The van der Waals surface area contributed by atoms with Crippen LogP contribution in [0.15, 0.2) is 54.6 Å². The quantitative estimate of drug-likeness (QED) is 0.755. The second kappa shape index (κ2) is 6.97. The number of hydrogen-bond donors (Lipinski definition) is 2. The average molecular weight is 332 g/mol. The summed E-state index contributed by atoms with van der Waals surface area (Å²) in [4.78, 5) is 27.0. The van der Waals surface area contributed by atoms with Crippen molar-refractivity contribution < 1.29 is 14.7 Å². The molecular weight excluding hydrogens is 316 g/mol. The molecule has 0 radical (unpaired) electrons. The zero-order valence-electron chi connectivity index (χ0n) is 13.6. The molecule has 0 aliphatic carbocycles. The van der Waals surface area contributed by atoms with Gasteiger partial charge in [0.25, 0.3) is 0 Å². The number of aromatic nitrogens is 1. The summed E-state index contributed by atoms with van der Waals surface area (Å²) in [7, 11) is 0. The molecule has 0 unspecified atom stereocenters. The molecular formula is C20H16N2O3. The van der Waals surface area contributed by atoms with Crippen molar-refractivity contribution in [1.29, 1.82) is 0 Å². The summed E-state index contributed by atoms with van der Waals surface area (Å²) in [5.74, 6) is -1.10. The average Bonchev–Trinajstić information content (AvgIpc) is 2.60. The van der Waals surface area contributed by atoms with Crippen LogP contribution in [0.3, 0.4) is 0 Å². The minimum atomic E-state index is -0.979. The van der Waals surface area contributed by atoms with Gasteiger partial charge >= 0.3 is 5.97 Å². The fraction of sp³-hybridized carbons (Fsp3) is 0.0500. The van der Waals surface area contributed by atoms with Crippen LogP contribution in [0, 0.1) is 0 Å². The lowest BCUT2D eigenvalue weighted by Crippen LogP contribution is -2.05. The van der Waals surface area contributed by atoms with Gasteiger partial charge in [0.1, 0.15) is 0 Å². The molecule has 5 heteroatoms. The highest BCUT2D eigenvalue weighted by Gasteiger charge is 2.10. The van der Waals surface area contributed by atoms with E-state index in [2.05, 4.69) is 10.3 Å². The van der Waals surface area contributed by atoms with E-state index in [0.29, 0.717) is 16.6 Å². The Morgan fingerprint density at radius 1 is 1.04 bits per heavy atom. The van der Waals surface area contributed by atoms with Crippen molar-refractivity contribution in [3.8, 4) is 0 Å². The van der Waals surface area contributed by atoms with Crippen LogP contribution in [0.5, 0.6) is 0 Å². The lowest BCUT2D eigenvalue weighted by atomic mass is 10.1. The van der Waals surface area contributed by atoms with Crippen LogP contribution in [-0.4, -0.2) is 22.0 Å². The number of rotatable bonds is 4. The normalized spacial score (nSPS) is 10.9. The molecule has 0 aliphatic heterocycles. The first-order chi connectivity index (χ1) is 12.0. The second-order valence-electron chi connectivity index (χ2n) is 5.55. The lowest BCUT2D eigenvalue weighted by Gasteiger charge is -2.04. The van der Waals surface area contributed by atoms with Gasteiger partial charge in [-0.1, -0.05) is 36.4 Å². The van der Waals surface area contributed by atoms with Gasteiger partial charge < -0.3 is 10.4 Å². The maximum Gasteiger partial charge on any atom is 0.336 e. The van der Waals surface area contributed by atoms with Crippen molar-refractivity contribution in [2.75, 3.05) is 5.32 Å². The third-order valence-corrected chi connectivity index (χ3v) is 3.64. The van der Waals surface area contributed by atoms with Crippen molar-refractivity contribution in [3.63, 3.8) is 0 Å². The fourth-order valence-corrected chi connectivity index (χ4v) is 2.52. The number of amides is 1. The van der Waals surface area contributed by atoms with E-state index in [1.165, 1.54) is 6.92 Å². The zero-order chi connectivity index (χ0) is 17.8. The zero-order valence-corrected chi connectivity index (χ0v) is 13.6.